The molecule has 7 aromatic rings. The highest BCUT2D eigenvalue weighted by Crippen LogP contribution is 2.61. The molecule has 0 amide bonds. The molecule has 168 valence electrons. The molecule has 0 saturated heterocycles. The SMILES string of the molecule is Brc1ccc2c(c1)C1(c3ccccc3-2)c2ccccc2-n2c3sc4ccccc4c3c3cccc1c32. The molecule has 1 spiro atoms. The van der Waals surface area contributed by atoms with E-state index in [9.17, 15) is 0 Å². The van der Waals surface area contributed by atoms with Crippen LogP contribution in [0.1, 0.15) is 22.3 Å². The summed E-state index contributed by atoms with van der Waals surface area (Å²) in [6.07, 6.45) is 0. The lowest BCUT2D eigenvalue weighted by molar-refractivity contribution is 0.748. The first-order chi connectivity index (χ1) is 17.8. The molecule has 1 nitrogen and oxygen atoms in total. The van der Waals surface area contributed by atoms with Crippen molar-refractivity contribution in [3.63, 3.8) is 0 Å². The van der Waals surface area contributed by atoms with E-state index in [2.05, 4.69) is 130 Å². The highest BCUT2D eigenvalue weighted by atomic mass is 79.9. The zero-order valence-corrected chi connectivity index (χ0v) is 21.5. The Balaban J connectivity index is 1.59. The Morgan fingerprint density at radius 2 is 1.33 bits per heavy atom. The Labute approximate surface area is 220 Å². The van der Waals surface area contributed by atoms with Gasteiger partial charge in [-0.15, -0.1) is 11.3 Å². The fourth-order valence-electron chi connectivity index (χ4n) is 7.03. The summed E-state index contributed by atoms with van der Waals surface area (Å²) >= 11 is 5.72. The quantitative estimate of drug-likeness (QED) is 0.181. The Hall–Kier alpha value is -3.66. The number of fused-ring (bicyclic) bond motifs is 14. The average molecular weight is 540 g/mol. The van der Waals surface area contributed by atoms with E-state index >= 15 is 0 Å². The minimum atomic E-state index is -0.363. The molecule has 0 bridgehead atoms. The number of hydrogen-bond acceptors (Lipinski definition) is 1. The number of halogens is 1. The van der Waals surface area contributed by atoms with Crippen LogP contribution in [0.25, 0.3) is 48.0 Å². The Morgan fingerprint density at radius 1 is 0.611 bits per heavy atom. The van der Waals surface area contributed by atoms with Gasteiger partial charge in [0, 0.05) is 25.3 Å². The van der Waals surface area contributed by atoms with Crippen LogP contribution < -0.4 is 0 Å². The second-order valence-electron chi connectivity index (χ2n) is 9.82. The first kappa shape index (κ1) is 19.5. The van der Waals surface area contributed by atoms with E-state index in [0.29, 0.717) is 0 Å². The minimum absolute atomic E-state index is 0.363. The van der Waals surface area contributed by atoms with E-state index in [4.69, 9.17) is 0 Å². The summed E-state index contributed by atoms with van der Waals surface area (Å²) in [5.41, 5.74) is 10.4. The summed E-state index contributed by atoms with van der Waals surface area (Å²) in [7, 11) is 0. The molecule has 36 heavy (non-hydrogen) atoms. The predicted molar refractivity (Wildman–Crippen MR) is 155 cm³/mol. The van der Waals surface area contributed by atoms with Crippen molar-refractivity contribution in [2.45, 2.75) is 5.41 Å². The Morgan fingerprint density at radius 3 is 2.28 bits per heavy atom. The van der Waals surface area contributed by atoms with E-state index in [0.717, 1.165) is 4.47 Å². The van der Waals surface area contributed by atoms with Gasteiger partial charge in [0.25, 0.3) is 0 Å². The van der Waals surface area contributed by atoms with Crippen LogP contribution in [0.5, 0.6) is 0 Å². The monoisotopic (exact) mass is 539 g/mol. The molecule has 2 aromatic heterocycles. The summed E-state index contributed by atoms with van der Waals surface area (Å²) < 4.78 is 5.01. The lowest BCUT2D eigenvalue weighted by atomic mass is 9.65. The fourth-order valence-corrected chi connectivity index (χ4v) is 8.63. The van der Waals surface area contributed by atoms with Crippen molar-refractivity contribution in [2.24, 2.45) is 0 Å². The molecule has 0 fully saturated rings. The molecule has 0 N–H and O–H groups in total. The number of benzene rings is 5. The molecular formula is C33H18BrNS. The van der Waals surface area contributed by atoms with Crippen molar-refractivity contribution < 1.29 is 0 Å². The first-order valence-corrected chi connectivity index (χ1v) is 13.8. The predicted octanol–water partition coefficient (Wildman–Crippen LogP) is 9.44. The van der Waals surface area contributed by atoms with Crippen molar-refractivity contribution in [1.29, 1.82) is 0 Å². The van der Waals surface area contributed by atoms with Crippen molar-refractivity contribution in [1.82, 2.24) is 4.57 Å². The second-order valence-corrected chi connectivity index (χ2v) is 11.8. The average Bonchev–Trinajstić information content (AvgIpc) is 3.54. The normalized spacial score (nSPS) is 17.1. The third-order valence-corrected chi connectivity index (χ3v) is 9.92. The smallest absolute Gasteiger partial charge is 0.109 e. The van der Waals surface area contributed by atoms with Crippen LogP contribution in [0.15, 0.2) is 114 Å². The zero-order chi connectivity index (χ0) is 23.6. The molecule has 1 aliphatic carbocycles. The number of thiophene rings is 1. The summed E-state index contributed by atoms with van der Waals surface area (Å²) in [4.78, 5) is 1.33. The topological polar surface area (TPSA) is 4.93 Å². The largest absolute Gasteiger partial charge is 0.300 e. The third-order valence-electron chi connectivity index (χ3n) is 8.27. The second kappa shape index (κ2) is 6.56. The van der Waals surface area contributed by atoms with Crippen molar-refractivity contribution >= 4 is 58.5 Å². The molecule has 0 radical (unpaired) electrons. The third kappa shape index (κ3) is 2.07. The summed E-state index contributed by atoms with van der Waals surface area (Å²) in [6, 6.07) is 40.7. The van der Waals surface area contributed by atoms with E-state index in [-0.39, 0.29) is 5.41 Å². The van der Waals surface area contributed by atoms with Crippen LogP contribution in [-0.4, -0.2) is 4.57 Å². The Bertz CT molecular complexity index is 2080. The number of aromatic nitrogens is 1. The van der Waals surface area contributed by atoms with Gasteiger partial charge in [0.1, 0.15) is 4.83 Å². The van der Waals surface area contributed by atoms with Gasteiger partial charge in [-0.3, -0.25) is 0 Å². The number of hydrogen-bond donors (Lipinski definition) is 0. The van der Waals surface area contributed by atoms with Gasteiger partial charge in [-0.2, -0.15) is 0 Å². The zero-order valence-electron chi connectivity index (χ0n) is 19.1. The van der Waals surface area contributed by atoms with Crippen molar-refractivity contribution in [2.75, 3.05) is 0 Å². The number of para-hydroxylation sites is 2. The molecule has 1 aliphatic heterocycles. The van der Waals surface area contributed by atoms with Gasteiger partial charge < -0.3 is 4.57 Å². The van der Waals surface area contributed by atoms with Crippen molar-refractivity contribution in [3.05, 3.63) is 136 Å². The highest BCUT2D eigenvalue weighted by molar-refractivity contribution is 9.10. The van der Waals surface area contributed by atoms with Crippen LogP contribution in [0, 0.1) is 0 Å². The van der Waals surface area contributed by atoms with Gasteiger partial charge in [0.2, 0.25) is 0 Å². The van der Waals surface area contributed by atoms with Gasteiger partial charge >= 0.3 is 0 Å². The molecule has 9 rings (SSSR count). The van der Waals surface area contributed by atoms with Gasteiger partial charge in [-0.05, 0) is 57.6 Å². The van der Waals surface area contributed by atoms with Crippen LogP contribution in [0.3, 0.4) is 0 Å². The maximum atomic E-state index is 3.81. The van der Waals surface area contributed by atoms with Crippen LogP contribution >= 0.6 is 27.3 Å². The highest BCUT2D eigenvalue weighted by Gasteiger charge is 2.50. The first-order valence-electron chi connectivity index (χ1n) is 12.2. The van der Waals surface area contributed by atoms with E-state index in [1.165, 1.54) is 70.3 Å². The summed E-state index contributed by atoms with van der Waals surface area (Å²) in [5, 5.41) is 4.07. The van der Waals surface area contributed by atoms with Gasteiger partial charge in [0.15, 0.2) is 0 Å². The lowest BCUT2D eigenvalue weighted by Crippen LogP contribution is -2.33. The van der Waals surface area contributed by atoms with Gasteiger partial charge in [-0.25, -0.2) is 0 Å². The molecule has 3 heterocycles. The minimum Gasteiger partial charge on any atom is -0.300 e. The van der Waals surface area contributed by atoms with E-state index in [1.807, 2.05) is 11.3 Å². The molecular weight excluding hydrogens is 522 g/mol. The maximum Gasteiger partial charge on any atom is 0.109 e. The molecule has 1 unspecified atom stereocenters. The fraction of sp³-hybridized carbons (Fsp3) is 0.0303. The number of nitrogens with zero attached hydrogens (tertiary/aromatic N) is 1. The van der Waals surface area contributed by atoms with Crippen LogP contribution in [0.2, 0.25) is 0 Å². The maximum absolute atomic E-state index is 3.81. The van der Waals surface area contributed by atoms with Crippen LogP contribution in [0.4, 0.5) is 0 Å². The standard InChI is InChI=1S/C33H18BrNS/c34-19-16-17-21-20-8-1-3-11-24(20)33(27(21)18-19)25-12-4-5-14-28(25)35-31-23(10-7-13-26(31)33)30-22-9-2-6-15-29(22)36-32(30)35/h1-18H. The van der Waals surface area contributed by atoms with Gasteiger partial charge in [-0.1, -0.05) is 101 Å². The molecule has 2 aliphatic rings. The number of rotatable bonds is 0. The lowest BCUT2D eigenvalue weighted by Gasteiger charge is -2.39. The van der Waals surface area contributed by atoms with E-state index in [1.54, 1.807) is 0 Å². The summed E-state index contributed by atoms with van der Waals surface area (Å²) in [5.74, 6) is 0. The molecule has 5 aromatic carbocycles. The Kier molecular flexibility index (Phi) is 3.55. The molecule has 1 atom stereocenters. The molecule has 0 saturated carbocycles. The molecule has 3 heteroatoms. The van der Waals surface area contributed by atoms with Gasteiger partial charge in [0.05, 0.1) is 16.6 Å². The van der Waals surface area contributed by atoms with E-state index < -0.39 is 0 Å². The van der Waals surface area contributed by atoms with Crippen LogP contribution in [-0.2, 0) is 5.41 Å². The summed E-state index contributed by atoms with van der Waals surface area (Å²) in [6.45, 7) is 0. The van der Waals surface area contributed by atoms with Crippen molar-refractivity contribution in [3.8, 4) is 16.8 Å².